The summed E-state index contributed by atoms with van der Waals surface area (Å²) >= 11 is 12.0. The fraction of sp³-hybridized carbons (Fsp3) is 0.417. The maximum Gasteiger partial charge on any atom is 0.0643 e. The summed E-state index contributed by atoms with van der Waals surface area (Å²) in [5, 5.41) is 9.36. The summed E-state index contributed by atoms with van der Waals surface area (Å²) in [5.74, 6) is 0.416. The predicted molar refractivity (Wildman–Crippen MR) is 69.1 cm³/mol. The van der Waals surface area contributed by atoms with E-state index in [1.54, 1.807) is 0 Å². The number of para-hydroxylation sites is 1. The first-order chi connectivity index (χ1) is 7.61. The molecule has 0 spiro atoms. The van der Waals surface area contributed by atoms with E-state index in [2.05, 4.69) is 6.07 Å². The van der Waals surface area contributed by atoms with Crippen LogP contribution < -0.4 is 4.90 Å². The molecular weight excluding hydrogens is 243 g/mol. The molecule has 0 saturated carbocycles. The number of alkyl halides is 1. The van der Waals surface area contributed by atoms with Gasteiger partial charge in [0, 0.05) is 19.0 Å². The van der Waals surface area contributed by atoms with Gasteiger partial charge in [-0.25, -0.2) is 0 Å². The lowest BCUT2D eigenvalue weighted by molar-refractivity contribution is 0.700. The Morgan fingerprint density at radius 2 is 2.19 bits per heavy atom. The van der Waals surface area contributed by atoms with E-state index in [1.807, 2.05) is 37.1 Å². The Morgan fingerprint density at radius 3 is 2.75 bits per heavy atom. The summed E-state index contributed by atoms with van der Waals surface area (Å²) in [4.78, 5) is 2.00. The minimum atomic E-state index is 0.117. The molecule has 16 heavy (non-hydrogen) atoms. The Labute approximate surface area is 106 Å². The van der Waals surface area contributed by atoms with Crippen molar-refractivity contribution >= 4 is 28.9 Å². The molecule has 0 amide bonds. The Bertz CT molecular complexity index is 398. The van der Waals surface area contributed by atoms with Crippen molar-refractivity contribution in [2.45, 2.75) is 25.3 Å². The zero-order valence-corrected chi connectivity index (χ0v) is 10.9. The Balaban J connectivity index is 3.07. The van der Waals surface area contributed by atoms with Gasteiger partial charge in [-0.2, -0.15) is 5.26 Å². The lowest BCUT2D eigenvalue weighted by Crippen LogP contribution is -2.29. The van der Waals surface area contributed by atoms with E-state index < -0.39 is 0 Å². The molecule has 0 radical (unpaired) electrons. The van der Waals surface area contributed by atoms with Crippen LogP contribution in [0.3, 0.4) is 0 Å². The highest BCUT2D eigenvalue weighted by molar-refractivity contribution is 6.33. The quantitative estimate of drug-likeness (QED) is 0.767. The molecule has 1 atom stereocenters. The van der Waals surface area contributed by atoms with Crippen molar-refractivity contribution < 1.29 is 0 Å². The zero-order valence-electron chi connectivity index (χ0n) is 9.37. The van der Waals surface area contributed by atoms with E-state index in [4.69, 9.17) is 28.5 Å². The van der Waals surface area contributed by atoms with Crippen LogP contribution >= 0.6 is 23.2 Å². The minimum Gasteiger partial charge on any atom is -0.369 e. The molecule has 0 saturated heterocycles. The lowest BCUT2D eigenvalue weighted by Gasteiger charge is -2.28. The fourth-order valence-corrected chi connectivity index (χ4v) is 2.10. The average Bonchev–Trinajstić information content (AvgIpc) is 2.28. The molecule has 1 aromatic rings. The van der Waals surface area contributed by atoms with Gasteiger partial charge in [0.15, 0.2) is 0 Å². The highest BCUT2D eigenvalue weighted by atomic mass is 35.5. The second-order valence-corrected chi connectivity index (χ2v) is 4.38. The van der Waals surface area contributed by atoms with Gasteiger partial charge in [0.2, 0.25) is 0 Å². The Kier molecular flexibility index (Phi) is 4.92. The molecule has 0 fully saturated rings. The van der Waals surface area contributed by atoms with Crippen molar-refractivity contribution in [1.29, 1.82) is 5.26 Å². The van der Waals surface area contributed by atoms with Gasteiger partial charge in [0.05, 0.1) is 23.2 Å². The first-order valence-corrected chi connectivity index (χ1v) is 5.96. The standard InChI is InChI=1S/C12H14Cl2N2/c1-9(6-7-15)16(2)12-10(8-13)4-3-5-11(12)14/h3-5,9H,6,8H2,1-2H3. The van der Waals surface area contributed by atoms with E-state index in [9.17, 15) is 0 Å². The van der Waals surface area contributed by atoms with E-state index in [1.165, 1.54) is 0 Å². The van der Waals surface area contributed by atoms with E-state index in [0.29, 0.717) is 17.3 Å². The van der Waals surface area contributed by atoms with Crippen LogP contribution in [-0.4, -0.2) is 13.1 Å². The molecule has 1 aromatic carbocycles. The maximum atomic E-state index is 8.69. The van der Waals surface area contributed by atoms with Gasteiger partial charge in [-0.05, 0) is 18.6 Å². The first-order valence-electron chi connectivity index (χ1n) is 5.05. The number of hydrogen-bond acceptors (Lipinski definition) is 2. The van der Waals surface area contributed by atoms with Crippen molar-refractivity contribution in [2.75, 3.05) is 11.9 Å². The molecule has 0 bridgehead atoms. The molecule has 86 valence electrons. The topological polar surface area (TPSA) is 27.0 Å². The molecule has 0 aliphatic heterocycles. The van der Waals surface area contributed by atoms with Crippen molar-refractivity contribution in [3.63, 3.8) is 0 Å². The largest absolute Gasteiger partial charge is 0.369 e. The van der Waals surface area contributed by atoms with Crippen LogP contribution in [0, 0.1) is 11.3 Å². The van der Waals surface area contributed by atoms with Gasteiger partial charge in [-0.1, -0.05) is 23.7 Å². The Hall–Kier alpha value is -0.910. The second-order valence-electron chi connectivity index (χ2n) is 3.70. The number of hydrogen-bond donors (Lipinski definition) is 0. The number of halogens is 2. The summed E-state index contributed by atoms with van der Waals surface area (Å²) in [6.45, 7) is 1.99. The number of nitrogens with zero attached hydrogens (tertiary/aromatic N) is 2. The monoisotopic (exact) mass is 256 g/mol. The van der Waals surface area contributed by atoms with Crippen LogP contribution in [0.25, 0.3) is 0 Å². The predicted octanol–water partition coefficient (Wildman–Crippen LogP) is 3.82. The fourth-order valence-electron chi connectivity index (χ4n) is 1.55. The third-order valence-electron chi connectivity index (χ3n) is 2.61. The third-order valence-corrected chi connectivity index (χ3v) is 3.21. The van der Waals surface area contributed by atoms with E-state index in [0.717, 1.165) is 11.3 Å². The minimum absolute atomic E-state index is 0.117. The maximum absolute atomic E-state index is 8.69. The van der Waals surface area contributed by atoms with Crippen molar-refractivity contribution in [1.82, 2.24) is 0 Å². The number of rotatable bonds is 4. The lowest BCUT2D eigenvalue weighted by atomic mass is 10.1. The number of nitriles is 1. The summed E-state index contributed by atoms with van der Waals surface area (Å²) in [6.07, 6.45) is 0.462. The summed E-state index contributed by atoms with van der Waals surface area (Å²) in [6, 6.07) is 7.94. The molecule has 0 heterocycles. The molecule has 1 unspecified atom stereocenters. The Morgan fingerprint density at radius 1 is 1.50 bits per heavy atom. The van der Waals surface area contributed by atoms with Crippen molar-refractivity contribution in [2.24, 2.45) is 0 Å². The van der Waals surface area contributed by atoms with Crippen LogP contribution in [0.5, 0.6) is 0 Å². The summed E-state index contributed by atoms with van der Waals surface area (Å²) in [7, 11) is 1.93. The van der Waals surface area contributed by atoms with Gasteiger partial charge in [-0.3, -0.25) is 0 Å². The average molecular weight is 257 g/mol. The van der Waals surface area contributed by atoms with E-state index in [-0.39, 0.29) is 6.04 Å². The van der Waals surface area contributed by atoms with Crippen LogP contribution in [-0.2, 0) is 5.88 Å². The number of anilines is 1. The molecular formula is C12H14Cl2N2. The van der Waals surface area contributed by atoms with Gasteiger partial charge < -0.3 is 4.90 Å². The van der Waals surface area contributed by atoms with E-state index >= 15 is 0 Å². The highest BCUT2D eigenvalue weighted by Gasteiger charge is 2.15. The normalized spacial score (nSPS) is 11.9. The molecule has 4 heteroatoms. The van der Waals surface area contributed by atoms with Gasteiger partial charge >= 0.3 is 0 Å². The first kappa shape index (κ1) is 13.2. The molecule has 0 aliphatic carbocycles. The van der Waals surface area contributed by atoms with Crippen LogP contribution in [0.4, 0.5) is 5.69 Å². The number of benzene rings is 1. The van der Waals surface area contributed by atoms with Crippen molar-refractivity contribution in [3.05, 3.63) is 28.8 Å². The van der Waals surface area contributed by atoms with Crippen LogP contribution in [0.1, 0.15) is 18.9 Å². The molecule has 0 aliphatic rings. The van der Waals surface area contributed by atoms with Gasteiger partial charge in [0.25, 0.3) is 0 Å². The SMILES string of the molecule is CC(CC#N)N(C)c1c(Cl)cccc1CCl. The molecule has 0 N–H and O–H groups in total. The molecule has 1 rings (SSSR count). The molecule has 0 aromatic heterocycles. The van der Waals surface area contributed by atoms with Crippen LogP contribution in [0.2, 0.25) is 5.02 Å². The second kappa shape index (κ2) is 5.98. The zero-order chi connectivity index (χ0) is 12.1. The molecule has 2 nitrogen and oxygen atoms in total. The highest BCUT2D eigenvalue weighted by Crippen LogP contribution is 2.31. The van der Waals surface area contributed by atoms with Gasteiger partial charge in [-0.15, -0.1) is 11.6 Å². The van der Waals surface area contributed by atoms with Crippen molar-refractivity contribution in [3.8, 4) is 6.07 Å². The summed E-state index contributed by atoms with van der Waals surface area (Å²) < 4.78 is 0. The third kappa shape index (κ3) is 2.81. The summed E-state index contributed by atoms with van der Waals surface area (Å²) in [5.41, 5.74) is 1.91. The van der Waals surface area contributed by atoms with Crippen LogP contribution in [0.15, 0.2) is 18.2 Å². The smallest absolute Gasteiger partial charge is 0.0643 e. The van der Waals surface area contributed by atoms with Gasteiger partial charge in [0.1, 0.15) is 0 Å².